The van der Waals surface area contributed by atoms with Crippen LogP contribution in [0.4, 0.5) is 11.4 Å². The highest BCUT2D eigenvalue weighted by molar-refractivity contribution is 6.35. The summed E-state index contributed by atoms with van der Waals surface area (Å²) in [6.45, 7) is 5.55. The fourth-order valence-corrected chi connectivity index (χ4v) is 3.30. The molecular weight excluding hydrogens is 473 g/mol. The molecule has 11 heteroatoms. The number of carbonyl (C=O) groups is 2. The van der Waals surface area contributed by atoms with Crippen molar-refractivity contribution in [1.82, 2.24) is 0 Å². The SMILES string of the molecule is CCOc1ccc(OCC)c(N=NC(C(C)=O)C(=O)Nc2c(OC)ccc(Cl)c2OC)c1Cl. The predicted molar refractivity (Wildman–Crippen MR) is 126 cm³/mol. The second kappa shape index (κ2) is 12.3. The van der Waals surface area contributed by atoms with Gasteiger partial charge >= 0.3 is 0 Å². The third kappa shape index (κ3) is 6.27. The zero-order valence-corrected chi connectivity index (χ0v) is 20.4. The number of carbonyl (C=O) groups excluding carboxylic acids is 2. The van der Waals surface area contributed by atoms with Crippen LogP contribution in [0.5, 0.6) is 23.0 Å². The number of ether oxygens (including phenoxy) is 4. The van der Waals surface area contributed by atoms with E-state index < -0.39 is 17.7 Å². The maximum Gasteiger partial charge on any atom is 0.259 e. The topological polar surface area (TPSA) is 108 Å². The molecule has 0 bridgehead atoms. The number of nitrogens with one attached hydrogen (secondary N) is 1. The summed E-state index contributed by atoms with van der Waals surface area (Å²) < 4.78 is 21.6. The summed E-state index contributed by atoms with van der Waals surface area (Å²) in [6.07, 6.45) is 0. The van der Waals surface area contributed by atoms with Crippen LogP contribution in [0.2, 0.25) is 10.0 Å². The van der Waals surface area contributed by atoms with Crippen LogP contribution in [-0.4, -0.2) is 45.2 Å². The number of azo groups is 1. The summed E-state index contributed by atoms with van der Waals surface area (Å²) in [5.41, 5.74) is 0.298. The van der Waals surface area contributed by atoms with Crippen LogP contribution in [0, 0.1) is 0 Å². The summed E-state index contributed by atoms with van der Waals surface area (Å²) in [5.74, 6) is -0.152. The molecule has 178 valence electrons. The second-order valence-electron chi connectivity index (χ2n) is 6.47. The smallest absolute Gasteiger partial charge is 0.259 e. The van der Waals surface area contributed by atoms with Crippen LogP contribution in [0.3, 0.4) is 0 Å². The fourth-order valence-electron chi connectivity index (χ4n) is 2.81. The molecule has 0 aromatic heterocycles. The number of Topliss-reactive ketones (excluding diaryl/α,β-unsaturated/α-hetero) is 1. The molecule has 0 aliphatic heterocycles. The molecule has 1 unspecified atom stereocenters. The quantitative estimate of drug-likeness (QED) is 0.324. The third-order valence-corrected chi connectivity index (χ3v) is 4.96. The molecule has 2 aromatic rings. The average molecular weight is 498 g/mol. The Morgan fingerprint density at radius 3 is 2.15 bits per heavy atom. The van der Waals surface area contributed by atoms with Gasteiger partial charge in [-0.1, -0.05) is 23.2 Å². The molecule has 0 saturated heterocycles. The zero-order chi connectivity index (χ0) is 24.5. The second-order valence-corrected chi connectivity index (χ2v) is 7.25. The van der Waals surface area contributed by atoms with Gasteiger partial charge in [0.05, 0.1) is 32.5 Å². The molecule has 0 radical (unpaired) electrons. The van der Waals surface area contributed by atoms with E-state index in [0.717, 1.165) is 0 Å². The first-order valence-corrected chi connectivity index (χ1v) is 10.7. The zero-order valence-electron chi connectivity index (χ0n) is 18.9. The van der Waals surface area contributed by atoms with Gasteiger partial charge in [0.2, 0.25) is 6.04 Å². The van der Waals surface area contributed by atoms with Gasteiger partial charge in [-0.25, -0.2) is 0 Å². The first-order chi connectivity index (χ1) is 15.8. The number of methoxy groups -OCH3 is 2. The van der Waals surface area contributed by atoms with E-state index in [1.54, 1.807) is 31.2 Å². The predicted octanol–water partition coefficient (Wildman–Crippen LogP) is 5.49. The number of anilines is 1. The van der Waals surface area contributed by atoms with Crippen molar-refractivity contribution in [3.8, 4) is 23.0 Å². The van der Waals surface area contributed by atoms with Gasteiger partial charge < -0.3 is 24.3 Å². The molecule has 0 heterocycles. The van der Waals surface area contributed by atoms with Crippen molar-refractivity contribution in [3.63, 3.8) is 0 Å². The Balaban J connectivity index is 2.44. The van der Waals surface area contributed by atoms with Gasteiger partial charge in [-0.05, 0) is 45.0 Å². The molecule has 0 spiro atoms. The summed E-state index contributed by atoms with van der Waals surface area (Å²) >= 11 is 12.6. The summed E-state index contributed by atoms with van der Waals surface area (Å²) in [4.78, 5) is 25.2. The molecule has 1 N–H and O–H groups in total. The van der Waals surface area contributed by atoms with Gasteiger partial charge in [0.1, 0.15) is 33.6 Å². The van der Waals surface area contributed by atoms with E-state index in [-0.39, 0.29) is 32.9 Å². The van der Waals surface area contributed by atoms with Crippen LogP contribution in [0.25, 0.3) is 0 Å². The standard InChI is InChI=1S/C22H25Cl2N3O6/c1-6-32-14-10-11-16(33-7-2)19(17(14)24)27-26-18(12(3)28)22(29)25-20-15(30-4)9-8-13(23)21(20)31-5/h8-11,18H,6-7H2,1-5H3,(H,25,29). The molecule has 1 atom stereocenters. The first kappa shape index (κ1) is 26.2. The van der Waals surface area contributed by atoms with Gasteiger partial charge in [0, 0.05) is 0 Å². The molecular formula is C22H25Cl2N3O6. The van der Waals surface area contributed by atoms with E-state index in [4.69, 9.17) is 42.1 Å². The van der Waals surface area contributed by atoms with Gasteiger partial charge in [-0.3, -0.25) is 9.59 Å². The van der Waals surface area contributed by atoms with Crippen molar-refractivity contribution >= 4 is 46.3 Å². The van der Waals surface area contributed by atoms with E-state index >= 15 is 0 Å². The Bertz CT molecular complexity index is 1050. The number of hydrogen-bond acceptors (Lipinski definition) is 8. The van der Waals surface area contributed by atoms with Crippen LogP contribution < -0.4 is 24.3 Å². The molecule has 2 aromatic carbocycles. The number of nitrogens with zero attached hydrogens (tertiary/aromatic N) is 2. The van der Waals surface area contributed by atoms with Crippen molar-refractivity contribution in [3.05, 3.63) is 34.3 Å². The highest BCUT2D eigenvalue weighted by Gasteiger charge is 2.27. The monoisotopic (exact) mass is 497 g/mol. The van der Waals surface area contributed by atoms with Crippen LogP contribution in [0.15, 0.2) is 34.5 Å². The summed E-state index contributed by atoms with van der Waals surface area (Å²) in [6, 6.07) is 4.89. The maximum absolute atomic E-state index is 13.0. The summed E-state index contributed by atoms with van der Waals surface area (Å²) in [5, 5.41) is 11.0. The molecule has 9 nitrogen and oxygen atoms in total. The maximum atomic E-state index is 13.0. The number of halogens is 2. The molecule has 2 rings (SSSR count). The van der Waals surface area contributed by atoms with E-state index in [1.165, 1.54) is 21.1 Å². The van der Waals surface area contributed by atoms with Crippen molar-refractivity contribution in [2.75, 3.05) is 32.8 Å². The lowest BCUT2D eigenvalue weighted by molar-refractivity contribution is -0.126. The van der Waals surface area contributed by atoms with Crippen molar-refractivity contribution in [2.24, 2.45) is 10.2 Å². The molecule has 0 aliphatic carbocycles. The Hall–Kier alpha value is -3.04. The van der Waals surface area contributed by atoms with Gasteiger partial charge in [0.15, 0.2) is 11.5 Å². The average Bonchev–Trinajstić information content (AvgIpc) is 2.78. The summed E-state index contributed by atoms with van der Waals surface area (Å²) in [7, 11) is 2.81. The van der Waals surface area contributed by atoms with Gasteiger partial charge in [0.25, 0.3) is 5.91 Å². The van der Waals surface area contributed by atoms with Gasteiger partial charge in [-0.15, -0.1) is 5.11 Å². The number of rotatable bonds is 11. The lowest BCUT2D eigenvalue weighted by Gasteiger charge is -2.17. The first-order valence-electron chi connectivity index (χ1n) is 9.99. The number of amides is 1. The van der Waals surface area contributed by atoms with Crippen molar-refractivity contribution in [2.45, 2.75) is 26.8 Å². The van der Waals surface area contributed by atoms with E-state index in [9.17, 15) is 9.59 Å². The highest BCUT2D eigenvalue weighted by Crippen LogP contribution is 2.43. The van der Waals surface area contributed by atoms with Crippen LogP contribution >= 0.6 is 23.2 Å². The Morgan fingerprint density at radius 1 is 0.970 bits per heavy atom. The molecule has 33 heavy (non-hydrogen) atoms. The normalized spacial score (nSPS) is 11.7. The minimum absolute atomic E-state index is 0.140. The third-order valence-electron chi connectivity index (χ3n) is 4.29. The van der Waals surface area contributed by atoms with Gasteiger partial charge in [-0.2, -0.15) is 5.11 Å². The van der Waals surface area contributed by atoms with Crippen molar-refractivity contribution < 1.29 is 28.5 Å². The lowest BCUT2D eigenvalue weighted by atomic mass is 10.2. The molecule has 1 amide bonds. The van der Waals surface area contributed by atoms with E-state index in [0.29, 0.717) is 24.7 Å². The minimum atomic E-state index is -1.49. The fraction of sp³-hybridized carbons (Fsp3) is 0.364. The largest absolute Gasteiger partial charge is 0.494 e. The number of hydrogen-bond donors (Lipinski definition) is 1. The Morgan fingerprint density at radius 2 is 1.58 bits per heavy atom. The van der Waals surface area contributed by atoms with Crippen LogP contribution in [0.1, 0.15) is 20.8 Å². The lowest BCUT2D eigenvalue weighted by Crippen LogP contribution is -2.32. The number of ketones is 1. The van der Waals surface area contributed by atoms with Crippen molar-refractivity contribution in [1.29, 1.82) is 0 Å². The minimum Gasteiger partial charge on any atom is -0.494 e. The highest BCUT2D eigenvalue weighted by atomic mass is 35.5. The molecule has 0 saturated carbocycles. The van der Waals surface area contributed by atoms with E-state index in [1.807, 2.05) is 6.92 Å². The van der Waals surface area contributed by atoms with Crippen LogP contribution in [-0.2, 0) is 9.59 Å². The molecule has 0 fully saturated rings. The van der Waals surface area contributed by atoms with E-state index in [2.05, 4.69) is 15.5 Å². The molecule has 0 aliphatic rings. The number of benzene rings is 2. The Kier molecular flexibility index (Phi) is 9.74. The Labute approximate surface area is 202 Å².